The van der Waals surface area contributed by atoms with Crippen LogP contribution < -0.4 is 0 Å². The average molecular weight is 190 g/mol. The number of nitrogens with zero attached hydrogens (tertiary/aromatic N) is 1. The SMILES string of the molecule is Cc1csc(Cl)c1N=C=S. The van der Waals surface area contributed by atoms with E-state index in [0.717, 1.165) is 11.3 Å². The lowest BCUT2D eigenvalue weighted by molar-refractivity contribution is 1.48. The molecule has 0 aliphatic rings. The summed E-state index contributed by atoms with van der Waals surface area (Å²) < 4.78 is 0.676. The third-order valence-corrected chi connectivity index (χ3v) is 2.47. The standard InChI is InChI=1S/C6H4ClNS2/c1-4-2-10-6(7)5(4)8-3-9/h2H,1H3. The van der Waals surface area contributed by atoms with Crippen LogP contribution in [0.2, 0.25) is 4.34 Å². The second-order valence-corrected chi connectivity index (χ2v) is 3.41. The predicted octanol–water partition coefficient (Wildman–Crippen LogP) is 3.44. The molecule has 1 nitrogen and oxygen atoms in total. The first-order valence-electron chi connectivity index (χ1n) is 2.57. The Bertz CT molecular complexity index is 266. The minimum atomic E-state index is 0.676. The van der Waals surface area contributed by atoms with Crippen LogP contribution in [0.5, 0.6) is 0 Å². The maximum atomic E-state index is 5.76. The van der Waals surface area contributed by atoms with Gasteiger partial charge in [-0.2, -0.15) is 4.99 Å². The molecule has 1 aromatic heterocycles. The summed E-state index contributed by atoms with van der Waals surface area (Å²) in [6.45, 7) is 1.94. The Morgan fingerprint density at radius 3 is 2.90 bits per heavy atom. The van der Waals surface area contributed by atoms with Gasteiger partial charge in [0.2, 0.25) is 0 Å². The molecule has 1 rings (SSSR count). The summed E-state index contributed by atoms with van der Waals surface area (Å²) in [6.07, 6.45) is 0. The van der Waals surface area contributed by atoms with Gasteiger partial charge in [-0.3, -0.25) is 0 Å². The molecule has 0 saturated carbocycles. The fraction of sp³-hybridized carbons (Fsp3) is 0.167. The summed E-state index contributed by atoms with van der Waals surface area (Å²) in [5.74, 6) is 0. The molecule has 0 N–H and O–H groups in total. The number of isothiocyanates is 1. The minimum absolute atomic E-state index is 0.676. The van der Waals surface area contributed by atoms with E-state index in [2.05, 4.69) is 22.4 Å². The molecule has 0 amide bonds. The van der Waals surface area contributed by atoms with Gasteiger partial charge in [0.1, 0.15) is 10.0 Å². The maximum Gasteiger partial charge on any atom is 0.120 e. The smallest absolute Gasteiger partial charge is 0.120 e. The van der Waals surface area contributed by atoms with Crippen molar-refractivity contribution in [3.05, 3.63) is 15.3 Å². The van der Waals surface area contributed by atoms with Crippen molar-refractivity contribution in [1.82, 2.24) is 0 Å². The molecule has 0 spiro atoms. The van der Waals surface area contributed by atoms with Gasteiger partial charge in [-0.25, -0.2) is 0 Å². The normalized spacial score (nSPS) is 9.00. The van der Waals surface area contributed by atoms with Crippen LogP contribution >= 0.6 is 35.2 Å². The van der Waals surface area contributed by atoms with Gasteiger partial charge in [-0.05, 0) is 30.1 Å². The molecule has 0 saturated heterocycles. The van der Waals surface area contributed by atoms with Crippen molar-refractivity contribution in [2.45, 2.75) is 6.92 Å². The van der Waals surface area contributed by atoms with Crippen LogP contribution in [0.1, 0.15) is 5.56 Å². The number of rotatable bonds is 1. The Hall–Kier alpha value is -0.210. The average Bonchev–Trinajstić information content (AvgIpc) is 2.20. The van der Waals surface area contributed by atoms with Gasteiger partial charge in [0.15, 0.2) is 0 Å². The van der Waals surface area contributed by atoms with Crippen LogP contribution in [0.3, 0.4) is 0 Å². The predicted molar refractivity (Wildman–Crippen MR) is 48.8 cm³/mol. The molecular formula is C6H4ClNS2. The zero-order chi connectivity index (χ0) is 7.56. The molecule has 52 valence electrons. The summed E-state index contributed by atoms with van der Waals surface area (Å²) in [7, 11) is 0. The summed E-state index contributed by atoms with van der Waals surface area (Å²) in [6, 6.07) is 0. The molecular weight excluding hydrogens is 186 g/mol. The molecule has 0 radical (unpaired) electrons. The third-order valence-electron chi connectivity index (χ3n) is 1.06. The van der Waals surface area contributed by atoms with E-state index in [1.165, 1.54) is 11.3 Å². The lowest BCUT2D eigenvalue weighted by Crippen LogP contribution is -1.61. The Morgan fingerprint density at radius 1 is 1.80 bits per heavy atom. The fourth-order valence-corrected chi connectivity index (χ4v) is 1.71. The van der Waals surface area contributed by atoms with Crippen LogP contribution in [-0.2, 0) is 0 Å². The summed E-state index contributed by atoms with van der Waals surface area (Å²) in [5, 5.41) is 4.22. The molecule has 0 unspecified atom stereocenters. The van der Waals surface area contributed by atoms with E-state index in [-0.39, 0.29) is 0 Å². The molecule has 0 fully saturated rings. The van der Waals surface area contributed by atoms with Crippen molar-refractivity contribution < 1.29 is 0 Å². The van der Waals surface area contributed by atoms with Gasteiger partial charge < -0.3 is 0 Å². The second-order valence-electron chi connectivity index (χ2n) is 1.74. The maximum absolute atomic E-state index is 5.76. The van der Waals surface area contributed by atoms with Gasteiger partial charge >= 0.3 is 0 Å². The molecule has 1 aromatic rings. The van der Waals surface area contributed by atoms with Crippen molar-refractivity contribution in [2.24, 2.45) is 4.99 Å². The highest BCUT2D eigenvalue weighted by atomic mass is 35.5. The number of hydrogen-bond donors (Lipinski definition) is 0. The van der Waals surface area contributed by atoms with Crippen LogP contribution in [0.4, 0.5) is 5.69 Å². The van der Waals surface area contributed by atoms with E-state index in [1.54, 1.807) is 0 Å². The molecule has 4 heteroatoms. The first-order chi connectivity index (χ1) is 4.75. The van der Waals surface area contributed by atoms with Gasteiger partial charge in [-0.1, -0.05) is 11.6 Å². The molecule has 0 aliphatic carbocycles. The number of thiophene rings is 1. The minimum Gasteiger partial charge on any atom is -0.192 e. The van der Waals surface area contributed by atoms with Crippen molar-refractivity contribution in [2.75, 3.05) is 0 Å². The fourth-order valence-electron chi connectivity index (χ4n) is 0.585. The number of thiocarbonyl (C=S) groups is 1. The molecule has 10 heavy (non-hydrogen) atoms. The van der Waals surface area contributed by atoms with E-state index in [1.807, 2.05) is 12.3 Å². The number of aliphatic imine (C=N–C) groups is 1. The topological polar surface area (TPSA) is 12.4 Å². The van der Waals surface area contributed by atoms with Crippen LogP contribution in [0, 0.1) is 6.92 Å². The highest BCUT2D eigenvalue weighted by molar-refractivity contribution is 7.78. The lowest BCUT2D eigenvalue weighted by atomic mass is 10.3. The molecule has 1 heterocycles. The quantitative estimate of drug-likeness (QED) is 0.487. The lowest BCUT2D eigenvalue weighted by Gasteiger charge is -1.85. The van der Waals surface area contributed by atoms with Crippen molar-refractivity contribution in [3.63, 3.8) is 0 Å². The highest BCUT2D eigenvalue weighted by Crippen LogP contribution is 2.34. The van der Waals surface area contributed by atoms with Gasteiger partial charge in [0.05, 0.1) is 5.16 Å². The summed E-state index contributed by atoms with van der Waals surface area (Å²) in [4.78, 5) is 3.81. The van der Waals surface area contributed by atoms with Crippen LogP contribution in [-0.4, -0.2) is 5.16 Å². The zero-order valence-corrected chi connectivity index (χ0v) is 7.61. The number of halogens is 1. The van der Waals surface area contributed by atoms with E-state index in [0.29, 0.717) is 4.34 Å². The van der Waals surface area contributed by atoms with Gasteiger partial charge in [0, 0.05) is 0 Å². The number of hydrogen-bond acceptors (Lipinski definition) is 3. The first kappa shape index (κ1) is 7.89. The third kappa shape index (κ3) is 1.44. The highest BCUT2D eigenvalue weighted by Gasteiger charge is 2.03. The number of aryl methyl sites for hydroxylation is 1. The van der Waals surface area contributed by atoms with E-state index < -0.39 is 0 Å². The molecule has 0 bridgehead atoms. The second kappa shape index (κ2) is 3.26. The van der Waals surface area contributed by atoms with Crippen LogP contribution in [0.25, 0.3) is 0 Å². The summed E-state index contributed by atoms with van der Waals surface area (Å²) >= 11 is 11.7. The van der Waals surface area contributed by atoms with Crippen molar-refractivity contribution in [3.8, 4) is 0 Å². The Balaban J connectivity index is 3.22. The Morgan fingerprint density at radius 2 is 2.50 bits per heavy atom. The largest absolute Gasteiger partial charge is 0.192 e. The summed E-state index contributed by atoms with van der Waals surface area (Å²) in [5.41, 5.74) is 1.80. The van der Waals surface area contributed by atoms with Crippen LogP contribution in [0.15, 0.2) is 10.4 Å². The Labute approximate surface area is 73.4 Å². The Kier molecular flexibility index (Phi) is 2.57. The van der Waals surface area contributed by atoms with E-state index in [9.17, 15) is 0 Å². The van der Waals surface area contributed by atoms with Crippen molar-refractivity contribution >= 4 is 46.0 Å². The van der Waals surface area contributed by atoms with Gasteiger partial charge in [-0.15, -0.1) is 11.3 Å². The monoisotopic (exact) mass is 189 g/mol. The zero-order valence-electron chi connectivity index (χ0n) is 5.22. The van der Waals surface area contributed by atoms with Gasteiger partial charge in [0.25, 0.3) is 0 Å². The first-order valence-corrected chi connectivity index (χ1v) is 4.23. The molecule has 0 atom stereocenters. The van der Waals surface area contributed by atoms with Crippen molar-refractivity contribution in [1.29, 1.82) is 0 Å². The molecule has 0 aliphatic heterocycles. The van der Waals surface area contributed by atoms with E-state index in [4.69, 9.17) is 11.6 Å². The van der Waals surface area contributed by atoms with E-state index >= 15 is 0 Å². The molecule has 0 aromatic carbocycles.